The van der Waals surface area contributed by atoms with E-state index < -0.39 is 22.2 Å². The van der Waals surface area contributed by atoms with Crippen LogP contribution in [0.1, 0.15) is 30.4 Å². The van der Waals surface area contributed by atoms with Gasteiger partial charge in [-0.15, -0.1) is 0 Å². The monoisotopic (exact) mass is 489 g/mol. The number of hydrogen-bond donors (Lipinski definition) is 2. The molecular weight excluding hydrogens is 462 g/mol. The average molecular weight is 490 g/mol. The first kappa shape index (κ1) is 23.4. The number of benzene rings is 3. The van der Waals surface area contributed by atoms with E-state index in [0.29, 0.717) is 12.1 Å². The molecule has 1 heterocycles. The fraction of sp³-hybridized carbons (Fsp3) is 0.308. The molecule has 0 amide bonds. The highest BCUT2D eigenvalue weighted by Crippen LogP contribution is 2.41. The van der Waals surface area contributed by atoms with Gasteiger partial charge in [-0.1, -0.05) is 53.6 Å². The number of azide groups is 1. The molecule has 1 aliphatic heterocycles. The molecule has 0 aromatic heterocycles. The first-order chi connectivity index (χ1) is 17.0. The van der Waals surface area contributed by atoms with E-state index in [1.807, 2.05) is 24.3 Å². The molecule has 35 heavy (non-hydrogen) atoms. The number of anilines is 2. The van der Waals surface area contributed by atoms with E-state index in [2.05, 4.69) is 43.9 Å². The van der Waals surface area contributed by atoms with Crippen LogP contribution in [0.2, 0.25) is 0 Å². The van der Waals surface area contributed by atoms with Gasteiger partial charge in [-0.05, 0) is 73.0 Å². The summed E-state index contributed by atoms with van der Waals surface area (Å²) in [5.74, 6) is 0. The number of aliphatic hydroxyl groups excluding tert-OH is 1. The van der Waals surface area contributed by atoms with Crippen LogP contribution in [0.25, 0.3) is 10.4 Å². The lowest BCUT2D eigenvalue weighted by Gasteiger charge is -2.43. The Hall–Kier alpha value is -3.36. The SMILES string of the molecule is [N-]=[N+]=Nc1ccc(S(=O)(=O)NC2CCCC(N3c4ccccc4CCc4ccccc43)C2O)cc1. The Morgan fingerprint density at radius 3 is 2.11 bits per heavy atom. The van der Waals surface area contributed by atoms with Crippen molar-refractivity contribution < 1.29 is 13.5 Å². The van der Waals surface area contributed by atoms with Crippen molar-refractivity contribution in [2.45, 2.75) is 55.2 Å². The summed E-state index contributed by atoms with van der Waals surface area (Å²) < 4.78 is 29.0. The fourth-order valence-electron chi connectivity index (χ4n) is 5.25. The number of aliphatic hydroxyl groups is 1. The van der Waals surface area contributed by atoms with Crippen LogP contribution in [-0.2, 0) is 22.9 Å². The number of hydrogen-bond acceptors (Lipinski definition) is 5. The van der Waals surface area contributed by atoms with Crippen LogP contribution in [0, 0.1) is 0 Å². The van der Waals surface area contributed by atoms with Gasteiger partial charge in [0.15, 0.2) is 0 Å². The average Bonchev–Trinajstić information content (AvgIpc) is 3.03. The van der Waals surface area contributed by atoms with Crippen molar-refractivity contribution in [1.29, 1.82) is 0 Å². The van der Waals surface area contributed by atoms with Gasteiger partial charge < -0.3 is 10.0 Å². The van der Waals surface area contributed by atoms with E-state index in [1.165, 1.54) is 35.4 Å². The lowest BCUT2D eigenvalue weighted by atomic mass is 9.86. The molecule has 180 valence electrons. The number of aryl methyl sites for hydroxylation is 2. The molecule has 0 saturated heterocycles. The van der Waals surface area contributed by atoms with E-state index in [0.717, 1.165) is 37.1 Å². The van der Waals surface area contributed by atoms with Crippen molar-refractivity contribution >= 4 is 27.1 Å². The number of nitrogens with one attached hydrogen (secondary N) is 1. The molecule has 1 saturated carbocycles. The van der Waals surface area contributed by atoms with Crippen molar-refractivity contribution in [3.63, 3.8) is 0 Å². The Kier molecular flexibility index (Phi) is 6.49. The molecular formula is C26H27N5O3S. The maximum absolute atomic E-state index is 13.1. The standard InChI is InChI=1S/C26H27N5O3S/c27-30-28-20-14-16-21(17-15-20)35(33,34)29-22-8-5-11-25(26(22)32)31-23-9-3-1-6-18(23)12-13-19-7-2-4-10-24(19)31/h1-4,6-7,9-10,14-17,22,25-26,29,32H,5,8,11-13H2. The molecule has 2 aliphatic rings. The first-order valence-corrected chi connectivity index (χ1v) is 13.3. The summed E-state index contributed by atoms with van der Waals surface area (Å²) >= 11 is 0. The van der Waals surface area contributed by atoms with Gasteiger partial charge in [0.25, 0.3) is 0 Å². The minimum absolute atomic E-state index is 0.0641. The summed E-state index contributed by atoms with van der Waals surface area (Å²) in [7, 11) is -3.87. The summed E-state index contributed by atoms with van der Waals surface area (Å²) in [6, 6.07) is 21.3. The van der Waals surface area contributed by atoms with Gasteiger partial charge in [0, 0.05) is 22.0 Å². The van der Waals surface area contributed by atoms with Crippen LogP contribution in [0.5, 0.6) is 0 Å². The summed E-state index contributed by atoms with van der Waals surface area (Å²) in [5, 5.41) is 15.0. The van der Waals surface area contributed by atoms with Crippen LogP contribution in [0.4, 0.5) is 17.1 Å². The van der Waals surface area contributed by atoms with Crippen molar-refractivity contribution in [3.8, 4) is 0 Å². The van der Waals surface area contributed by atoms with E-state index in [-0.39, 0.29) is 10.9 Å². The molecule has 3 unspecified atom stereocenters. The van der Waals surface area contributed by atoms with Crippen LogP contribution in [0.3, 0.4) is 0 Å². The van der Waals surface area contributed by atoms with Gasteiger partial charge in [0.05, 0.1) is 23.1 Å². The van der Waals surface area contributed by atoms with Crippen LogP contribution in [0.15, 0.2) is 82.8 Å². The summed E-state index contributed by atoms with van der Waals surface area (Å²) in [4.78, 5) is 5.00. The molecule has 3 atom stereocenters. The zero-order valence-electron chi connectivity index (χ0n) is 19.2. The van der Waals surface area contributed by atoms with Gasteiger partial charge in [-0.25, -0.2) is 13.1 Å². The molecule has 3 aromatic carbocycles. The third-order valence-electron chi connectivity index (χ3n) is 6.93. The molecule has 1 fully saturated rings. The number of sulfonamides is 1. The van der Waals surface area contributed by atoms with Crippen molar-refractivity contribution in [2.24, 2.45) is 5.11 Å². The molecule has 8 nitrogen and oxygen atoms in total. The van der Waals surface area contributed by atoms with Crippen molar-refractivity contribution in [2.75, 3.05) is 4.90 Å². The molecule has 0 radical (unpaired) electrons. The minimum atomic E-state index is -3.87. The Bertz CT molecular complexity index is 1320. The van der Waals surface area contributed by atoms with Crippen LogP contribution >= 0.6 is 0 Å². The summed E-state index contributed by atoms with van der Waals surface area (Å²) in [5.41, 5.74) is 13.5. The highest BCUT2D eigenvalue weighted by atomic mass is 32.2. The molecule has 9 heteroatoms. The van der Waals surface area contributed by atoms with E-state index >= 15 is 0 Å². The van der Waals surface area contributed by atoms with Crippen LogP contribution in [-0.4, -0.2) is 31.7 Å². The third-order valence-corrected chi connectivity index (χ3v) is 8.44. The molecule has 1 aliphatic carbocycles. The van der Waals surface area contributed by atoms with Gasteiger partial charge in [-0.2, -0.15) is 0 Å². The van der Waals surface area contributed by atoms with E-state index in [9.17, 15) is 13.5 Å². The second kappa shape index (κ2) is 9.71. The predicted octanol–water partition coefficient (Wildman–Crippen LogP) is 5.13. The van der Waals surface area contributed by atoms with Gasteiger partial charge in [0.1, 0.15) is 0 Å². The summed E-state index contributed by atoms with van der Waals surface area (Å²) in [6.07, 6.45) is 3.00. The second-order valence-electron chi connectivity index (χ2n) is 9.03. The normalized spacial score (nSPS) is 21.9. The number of fused-ring (bicyclic) bond motifs is 2. The van der Waals surface area contributed by atoms with E-state index in [1.54, 1.807) is 0 Å². The smallest absolute Gasteiger partial charge is 0.240 e. The quantitative estimate of drug-likeness (QED) is 0.293. The Morgan fingerprint density at radius 1 is 0.914 bits per heavy atom. The summed E-state index contributed by atoms with van der Waals surface area (Å²) in [6.45, 7) is 0. The maximum Gasteiger partial charge on any atom is 0.240 e. The fourth-order valence-corrected chi connectivity index (χ4v) is 6.54. The second-order valence-corrected chi connectivity index (χ2v) is 10.7. The predicted molar refractivity (Wildman–Crippen MR) is 135 cm³/mol. The molecule has 2 N–H and O–H groups in total. The van der Waals surface area contributed by atoms with Gasteiger partial charge >= 0.3 is 0 Å². The lowest BCUT2D eigenvalue weighted by molar-refractivity contribution is 0.0812. The molecule has 0 spiro atoms. The van der Waals surface area contributed by atoms with E-state index in [4.69, 9.17) is 5.53 Å². The number of para-hydroxylation sites is 2. The van der Waals surface area contributed by atoms with Gasteiger partial charge in [0.2, 0.25) is 10.0 Å². The van der Waals surface area contributed by atoms with Crippen molar-refractivity contribution in [3.05, 3.63) is 94.4 Å². The zero-order chi connectivity index (χ0) is 24.4. The Labute approximate surface area is 204 Å². The Balaban J connectivity index is 1.46. The highest BCUT2D eigenvalue weighted by Gasteiger charge is 2.39. The molecule has 5 rings (SSSR count). The Morgan fingerprint density at radius 2 is 1.51 bits per heavy atom. The highest BCUT2D eigenvalue weighted by molar-refractivity contribution is 7.89. The minimum Gasteiger partial charge on any atom is -0.389 e. The van der Waals surface area contributed by atoms with Gasteiger partial charge in [-0.3, -0.25) is 0 Å². The lowest BCUT2D eigenvalue weighted by Crippen LogP contribution is -2.55. The van der Waals surface area contributed by atoms with Crippen LogP contribution < -0.4 is 9.62 Å². The topological polar surface area (TPSA) is 118 Å². The molecule has 0 bridgehead atoms. The molecule has 3 aromatic rings. The van der Waals surface area contributed by atoms with Crippen molar-refractivity contribution in [1.82, 2.24) is 4.72 Å². The first-order valence-electron chi connectivity index (χ1n) is 11.8. The number of rotatable bonds is 5. The largest absolute Gasteiger partial charge is 0.389 e. The zero-order valence-corrected chi connectivity index (χ0v) is 20.0. The maximum atomic E-state index is 13.1. The number of nitrogens with zero attached hydrogens (tertiary/aromatic N) is 4. The third kappa shape index (κ3) is 4.63.